The SMILES string of the molecule is COC1CC(C2OC3CC(O)CC(O)C3CC2O[C@@H]2O[C@H](CO)[C@@H](O)[C@H](O)[C@H]2O[C@@H]2O[C@@H](C)[C@H](O)[C@@H](O)[C@H]2O)CCC1O. The lowest BCUT2D eigenvalue weighted by atomic mass is 9.72. The highest BCUT2D eigenvalue weighted by Crippen LogP contribution is 2.44. The number of methoxy groups -OCH3 is 1. The van der Waals surface area contributed by atoms with Crippen molar-refractivity contribution in [3.63, 3.8) is 0 Å². The number of hydrogen-bond donors (Lipinski definition) is 9. The Morgan fingerprint density at radius 1 is 0.674 bits per heavy atom. The molecule has 0 aromatic heterocycles. The third-order valence-corrected chi connectivity index (χ3v) is 9.99. The normalized spacial score (nSPS) is 54.6. The first-order valence-electron chi connectivity index (χ1n) is 15.3. The monoisotopic (exact) mass is 624 g/mol. The highest BCUT2D eigenvalue weighted by Gasteiger charge is 2.54. The Bertz CT molecular complexity index is 898. The van der Waals surface area contributed by atoms with Crippen LogP contribution >= 0.6 is 0 Å². The molecule has 0 aromatic rings. The molecule has 5 aliphatic rings. The fourth-order valence-electron chi connectivity index (χ4n) is 7.40. The Morgan fingerprint density at radius 3 is 2.12 bits per heavy atom. The minimum Gasteiger partial charge on any atom is -0.394 e. The van der Waals surface area contributed by atoms with Gasteiger partial charge >= 0.3 is 0 Å². The van der Waals surface area contributed by atoms with E-state index in [-0.39, 0.29) is 18.3 Å². The number of ether oxygens (including phenoxy) is 6. The molecule has 3 heterocycles. The van der Waals surface area contributed by atoms with E-state index < -0.39 is 111 Å². The zero-order chi connectivity index (χ0) is 31.2. The Hall–Kier alpha value is -0.600. The second-order valence-corrected chi connectivity index (χ2v) is 12.8. The fourth-order valence-corrected chi connectivity index (χ4v) is 7.40. The van der Waals surface area contributed by atoms with Gasteiger partial charge in [-0.15, -0.1) is 0 Å². The van der Waals surface area contributed by atoms with E-state index in [0.29, 0.717) is 32.1 Å². The molecule has 0 radical (unpaired) electrons. The van der Waals surface area contributed by atoms with E-state index in [2.05, 4.69) is 0 Å². The van der Waals surface area contributed by atoms with Crippen LogP contribution in [0.3, 0.4) is 0 Å². The van der Waals surface area contributed by atoms with Crippen LogP contribution in [-0.4, -0.2) is 164 Å². The average Bonchev–Trinajstić information content (AvgIpc) is 2.98. The number of rotatable bonds is 7. The van der Waals surface area contributed by atoms with Gasteiger partial charge in [-0.25, -0.2) is 0 Å². The molecule has 15 heteroatoms. The van der Waals surface area contributed by atoms with Gasteiger partial charge in [-0.2, -0.15) is 0 Å². The van der Waals surface area contributed by atoms with Crippen molar-refractivity contribution in [1.82, 2.24) is 0 Å². The number of hydrogen-bond acceptors (Lipinski definition) is 15. The van der Waals surface area contributed by atoms with Crippen LogP contribution in [-0.2, 0) is 28.4 Å². The molecule has 2 aliphatic carbocycles. The van der Waals surface area contributed by atoms with Gasteiger partial charge in [0, 0.05) is 13.0 Å². The van der Waals surface area contributed by atoms with Crippen molar-refractivity contribution in [3.05, 3.63) is 0 Å². The highest BCUT2D eigenvalue weighted by atomic mass is 16.8. The van der Waals surface area contributed by atoms with Gasteiger partial charge in [0.15, 0.2) is 12.6 Å². The second-order valence-electron chi connectivity index (χ2n) is 12.8. The van der Waals surface area contributed by atoms with E-state index in [9.17, 15) is 46.0 Å². The molecule has 5 rings (SSSR count). The molecule has 9 N–H and O–H groups in total. The summed E-state index contributed by atoms with van der Waals surface area (Å²) in [5, 5.41) is 94.1. The van der Waals surface area contributed by atoms with E-state index >= 15 is 0 Å². The van der Waals surface area contributed by atoms with E-state index in [1.807, 2.05) is 0 Å². The van der Waals surface area contributed by atoms with Crippen LogP contribution in [0.2, 0.25) is 0 Å². The summed E-state index contributed by atoms with van der Waals surface area (Å²) in [4.78, 5) is 0. The lowest BCUT2D eigenvalue weighted by Gasteiger charge is -2.52. The van der Waals surface area contributed by atoms with Crippen molar-refractivity contribution in [2.24, 2.45) is 11.8 Å². The molecule has 0 amide bonds. The van der Waals surface area contributed by atoms with Gasteiger partial charge in [-0.1, -0.05) is 0 Å². The second kappa shape index (κ2) is 14.0. The number of aliphatic hydroxyl groups excluding tert-OH is 9. The lowest BCUT2D eigenvalue weighted by molar-refractivity contribution is -0.377. The Kier molecular flexibility index (Phi) is 11.0. The molecule has 15 nitrogen and oxygen atoms in total. The van der Waals surface area contributed by atoms with Crippen molar-refractivity contribution in [2.75, 3.05) is 13.7 Å². The maximum Gasteiger partial charge on any atom is 0.187 e. The van der Waals surface area contributed by atoms with Crippen LogP contribution in [0.5, 0.6) is 0 Å². The predicted molar refractivity (Wildman–Crippen MR) is 142 cm³/mol. The van der Waals surface area contributed by atoms with Crippen molar-refractivity contribution in [2.45, 2.75) is 150 Å². The molecule has 19 atom stereocenters. The summed E-state index contributed by atoms with van der Waals surface area (Å²) in [5.74, 6) is -0.534. The van der Waals surface area contributed by atoms with Crippen molar-refractivity contribution in [1.29, 1.82) is 0 Å². The van der Waals surface area contributed by atoms with Crippen LogP contribution in [0.1, 0.15) is 45.4 Å². The van der Waals surface area contributed by atoms with E-state index in [0.717, 1.165) is 0 Å². The molecule has 2 saturated carbocycles. The predicted octanol–water partition coefficient (Wildman–Crippen LogP) is -3.51. The summed E-state index contributed by atoms with van der Waals surface area (Å²) >= 11 is 0. The van der Waals surface area contributed by atoms with Crippen LogP contribution in [0.4, 0.5) is 0 Å². The zero-order valence-corrected chi connectivity index (χ0v) is 24.4. The summed E-state index contributed by atoms with van der Waals surface area (Å²) in [5.41, 5.74) is 0. The third kappa shape index (κ3) is 6.92. The molecular formula is C28H48O15. The van der Waals surface area contributed by atoms with Crippen molar-refractivity contribution < 1.29 is 74.4 Å². The molecule has 0 bridgehead atoms. The molecule has 3 saturated heterocycles. The Labute approximate surface area is 249 Å². The van der Waals surface area contributed by atoms with Crippen LogP contribution in [0.15, 0.2) is 0 Å². The molecule has 0 spiro atoms. The number of aliphatic hydroxyl groups is 9. The van der Waals surface area contributed by atoms with E-state index in [1.165, 1.54) is 14.0 Å². The van der Waals surface area contributed by atoms with Crippen LogP contribution in [0, 0.1) is 11.8 Å². The summed E-state index contributed by atoms with van der Waals surface area (Å²) < 4.78 is 35.8. The van der Waals surface area contributed by atoms with Gasteiger partial charge in [-0.05, 0) is 51.4 Å². The molecular weight excluding hydrogens is 576 g/mol. The largest absolute Gasteiger partial charge is 0.394 e. The zero-order valence-electron chi connectivity index (χ0n) is 24.4. The summed E-state index contributed by atoms with van der Waals surface area (Å²) in [6, 6.07) is 0. The first-order chi connectivity index (χ1) is 20.4. The van der Waals surface area contributed by atoms with Gasteiger partial charge in [0.25, 0.3) is 0 Å². The molecule has 9 unspecified atom stereocenters. The highest BCUT2D eigenvalue weighted by molar-refractivity contribution is 4.99. The van der Waals surface area contributed by atoms with E-state index in [1.54, 1.807) is 0 Å². The van der Waals surface area contributed by atoms with Gasteiger partial charge < -0.3 is 74.4 Å². The van der Waals surface area contributed by atoms with Gasteiger partial charge in [-0.3, -0.25) is 0 Å². The lowest BCUT2D eigenvalue weighted by Crippen LogP contribution is -2.65. The first kappa shape index (κ1) is 33.8. The Balaban J connectivity index is 1.40. The average molecular weight is 625 g/mol. The minimum atomic E-state index is -1.71. The number of fused-ring (bicyclic) bond motifs is 1. The van der Waals surface area contributed by atoms with E-state index in [4.69, 9.17) is 28.4 Å². The first-order valence-corrected chi connectivity index (χ1v) is 15.3. The summed E-state index contributed by atoms with van der Waals surface area (Å²) in [7, 11) is 1.52. The summed E-state index contributed by atoms with van der Waals surface area (Å²) in [6.45, 7) is 0.812. The molecule has 43 heavy (non-hydrogen) atoms. The maximum absolute atomic E-state index is 11.1. The Morgan fingerprint density at radius 2 is 1.42 bits per heavy atom. The van der Waals surface area contributed by atoms with Crippen LogP contribution in [0.25, 0.3) is 0 Å². The smallest absolute Gasteiger partial charge is 0.187 e. The molecule has 5 fully saturated rings. The molecule has 3 aliphatic heterocycles. The minimum absolute atomic E-state index is 0.149. The summed E-state index contributed by atoms with van der Waals surface area (Å²) in [6.07, 6.45) is -16.8. The van der Waals surface area contributed by atoms with Gasteiger partial charge in [0.2, 0.25) is 0 Å². The van der Waals surface area contributed by atoms with Gasteiger partial charge in [0.1, 0.15) is 42.7 Å². The molecule has 250 valence electrons. The quantitative estimate of drug-likeness (QED) is 0.134. The molecule has 0 aromatic carbocycles. The van der Waals surface area contributed by atoms with Gasteiger partial charge in [0.05, 0.1) is 55.4 Å². The topological polar surface area (TPSA) is 237 Å². The van der Waals surface area contributed by atoms with Crippen LogP contribution < -0.4 is 0 Å². The fraction of sp³-hybridized carbons (Fsp3) is 1.00. The third-order valence-electron chi connectivity index (χ3n) is 9.99. The standard InChI is InChI=1S/C28H48O15/c1-10-20(33)22(35)24(37)27(39-10)43-26-23(36)21(34)19(9-29)42-28(26)41-18-8-13-15(32)6-12(30)7-16(13)40-25(18)11-3-4-14(31)17(5-11)38-2/h10-37H,3-9H2,1-2H3/t10-,11?,12?,13?,14?,15?,16?,17?,18?,19+,20-,21+,22+,23-,24+,25?,26+,27-,28+/m0/s1. The maximum atomic E-state index is 11.1. The van der Waals surface area contributed by atoms with Crippen molar-refractivity contribution in [3.8, 4) is 0 Å². The van der Waals surface area contributed by atoms with Crippen molar-refractivity contribution >= 4 is 0 Å².